The van der Waals surface area contributed by atoms with Crippen LogP contribution in [0, 0.1) is 0 Å². The van der Waals surface area contributed by atoms with Crippen LogP contribution in [0.4, 0.5) is 5.69 Å². The third-order valence-electron chi connectivity index (χ3n) is 3.14. The van der Waals surface area contributed by atoms with Crippen LogP contribution >= 0.6 is 0 Å². The summed E-state index contributed by atoms with van der Waals surface area (Å²) in [6.07, 6.45) is 1.89. The number of carbonyl (C=O) groups is 1. The Kier molecular flexibility index (Phi) is 8.00. The second-order valence-corrected chi connectivity index (χ2v) is 7.50. The minimum absolute atomic E-state index is 0.150. The first-order valence-electron chi connectivity index (χ1n) is 7.74. The highest BCUT2D eigenvalue weighted by Gasteiger charge is 2.20. The zero-order chi connectivity index (χ0) is 18.2. The van der Waals surface area contributed by atoms with Crippen LogP contribution in [0.15, 0.2) is 24.3 Å². The smallest absolute Gasteiger partial charge is 0.240 e. The topological polar surface area (TPSA) is 84.9 Å². The van der Waals surface area contributed by atoms with Crippen LogP contribution in [0.3, 0.4) is 0 Å². The van der Waals surface area contributed by atoms with E-state index in [1.54, 1.807) is 24.3 Å². The molecule has 1 N–H and O–H groups in total. The molecule has 0 aliphatic rings. The lowest BCUT2D eigenvalue weighted by Crippen LogP contribution is -2.40. The molecule has 1 amide bonds. The summed E-state index contributed by atoms with van der Waals surface area (Å²) in [4.78, 5) is 12.0. The number of nitrogens with zero attached hydrogens (tertiary/aromatic N) is 1. The van der Waals surface area contributed by atoms with E-state index in [1.165, 1.54) is 7.11 Å². The molecule has 1 rings (SSSR count). The Bertz CT molecular complexity index is 614. The van der Waals surface area contributed by atoms with E-state index < -0.39 is 10.0 Å². The highest BCUT2D eigenvalue weighted by atomic mass is 32.2. The fourth-order valence-corrected chi connectivity index (χ4v) is 2.81. The van der Waals surface area contributed by atoms with Crippen molar-refractivity contribution in [3.8, 4) is 5.75 Å². The highest BCUT2D eigenvalue weighted by molar-refractivity contribution is 7.92. The summed E-state index contributed by atoms with van der Waals surface area (Å²) in [7, 11) is -2.04. The zero-order valence-corrected chi connectivity index (χ0v) is 15.4. The third-order valence-corrected chi connectivity index (χ3v) is 4.28. The van der Waals surface area contributed by atoms with Gasteiger partial charge in [-0.3, -0.25) is 9.10 Å². The molecule has 0 fully saturated rings. The number of rotatable bonds is 10. The maximum Gasteiger partial charge on any atom is 0.240 e. The molecule has 0 aliphatic carbocycles. The van der Waals surface area contributed by atoms with Gasteiger partial charge >= 0.3 is 0 Å². The van der Waals surface area contributed by atoms with Gasteiger partial charge < -0.3 is 14.8 Å². The largest absolute Gasteiger partial charge is 0.497 e. The van der Waals surface area contributed by atoms with Gasteiger partial charge in [0.15, 0.2) is 0 Å². The number of carbonyl (C=O) groups excluding carboxylic acids is 1. The molecule has 0 aromatic heterocycles. The normalized spacial score (nSPS) is 11.4. The van der Waals surface area contributed by atoms with E-state index in [1.807, 2.05) is 13.8 Å². The SMILES string of the molecule is COc1ccc(N(CC(=O)NCCCOC(C)C)S(C)(=O)=O)cc1. The Morgan fingerprint density at radius 1 is 1.25 bits per heavy atom. The predicted octanol–water partition coefficient (Wildman–Crippen LogP) is 1.39. The van der Waals surface area contributed by atoms with Crippen LogP contribution in [-0.4, -0.2) is 53.5 Å². The van der Waals surface area contributed by atoms with E-state index in [4.69, 9.17) is 9.47 Å². The number of sulfonamides is 1. The van der Waals surface area contributed by atoms with E-state index >= 15 is 0 Å². The molecule has 0 aliphatic heterocycles. The molecule has 1 aromatic rings. The number of benzene rings is 1. The molecule has 0 bridgehead atoms. The molecule has 0 saturated heterocycles. The number of hydrogen-bond acceptors (Lipinski definition) is 5. The van der Waals surface area contributed by atoms with Gasteiger partial charge in [-0.25, -0.2) is 8.42 Å². The lowest BCUT2D eigenvalue weighted by atomic mass is 10.3. The van der Waals surface area contributed by atoms with E-state index in [2.05, 4.69) is 5.32 Å². The maximum atomic E-state index is 12.0. The molecule has 0 saturated carbocycles. The van der Waals surface area contributed by atoms with Crippen molar-refractivity contribution in [2.45, 2.75) is 26.4 Å². The van der Waals surface area contributed by atoms with E-state index in [0.29, 0.717) is 31.0 Å². The summed E-state index contributed by atoms with van der Waals surface area (Å²) in [5.74, 6) is 0.252. The molecule has 0 atom stereocenters. The van der Waals surface area contributed by atoms with Crippen molar-refractivity contribution < 1.29 is 22.7 Å². The second kappa shape index (κ2) is 9.48. The average molecular weight is 358 g/mol. The number of hydrogen-bond donors (Lipinski definition) is 1. The lowest BCUT2D eigenvalue weighted by molar-refractivity contribution is -0.119. The minimum Gasteiger partial charge on any atom is -0.497 e. The number of nitrogens with one attached hydrogen (secondary N) is 1. The first-order valence-corrected chi connectivity index (χ1v) is 9.59. The van der Waals surface area contributed by atoms with Gasteiger partial charge in [0.05, 0.1) is 25.2 Å². The predicted molar refractivity (Wildman–Crippen MR) is 93.9 cm³/mol. The molecule has 0 spiro atoms. The van der Waals surface area contributed by atoms with Gasteiger partial charge in [0, 0.05) is 13.2 Å². The molecule has 0 unspecified atom stereocenters. The second-order valence-electron chi connectivity index (χ2n) is 5.59. The summed E-state index contributed by atoms with van der Waals surface area (Å²) in [6.45, 7) is 4.60. The zero-order valence-electron chi connectivity index (χ0n) is 14.6. The Hall–Kier alpha value is -1.80. The van der Waals surface area contributed by atoms with Crippen LogP contribution in [0.1, 0.15) is 20.3 Å². The van der Waals surface area contributed by atoms with Crippen molar-refractivity contribution in [1.82, 2.24) is 5.32 Å². The third kappa shape index (κ3) is 7.18. The monoisotopic (exact) mass is 358 g/mol. The Labute approximate surface area is 144 Å². The van der Waals surface area contributed by atoms with Crippen LogP contribution in [-0.2, 0) is 19.6 Å². The fraction of sp³-hybridized carbons (Fsp3) is 0.562. The number of methoxy groups -OCH3 is 1. The van der Waals surface area contributed by atoms with E-state index in [0.717, 1.165) is 10.6 Å². The summed E-state index contributed by atoms with van der Waals surface area (Å²) < 4.78 is 35.4. The molecule has 0 radical (unpaired) electrons. The molecule has 8 heteroatoms. The van der Waals surface area contributed by atoms with E-state index in [-0.39, 0.29) is 18.6 Å². The number of ether oxygens (including phenoxy) is 2. The van der Waals surface area contributed by atoms with Gasteiger partial charge in [-0.05, 0) is 44.5 Å². The van der Waals surface area contributed by atoms with Crippen LogP contribution in [0.25, 0.3) is 0 Å². The van der Waals surface area contributed by atoms with E-state index in [9.17, 15) is 13.2 Å². The van der Waals surface area contributed by atoms with Crippen molar-refractivity contribution in [2.24, 2.45) is 0 Å². The number of amides is 1. The maximum absolute atomic E-state index is 12.0. The quantitative estimate of drug-likeness (QED) is 0.639. The van der Waals surface area contributed by atoms with Crippen molar-refractivity contribution in [3.63, 3.8) is 0 Å². The summed E-state index contributed by atoms with van der Waals surface area (Å²) in [5.41, 5.74) is 0.414. The van der Waals surface area contributed by atoms with Gasteiger partial charge in [-0.1, -0.05) is 0 Å². The molecule has 24 heavy (non-hydrogen) atoms. The molecule has 7 nitrogen and oxygen atoms in total. The van der Waals surface area contributed by atoms with Crippen molar-refractivity contribution in [1.29, 1.82) is 0 Å². The molecule has 1 aromatic carbocycles. The fourth-order valence-electron chi connectivity index (χ4n) is 1.95. The Morgan fingerprint density at radius 3 is 2.38 bits per heavy atom. The average Bonchev–Trinajstić information content (AvgIpc) is 2.51. The highest BCUT2D eigenvalue weighted by Crippen LogP contribution is 2.21. The lowest BCUT2D eigenvalue weighted by Gasteiger charge is -2.22. The molecular formula is C16H26N2O5S. The molecule has 136 valence electrons. The van der Waals surface area contributed by atoms with Crippen LogP contribution in [0.5, 0.6) is 5.75 Å². The van der Waals surface area contributed by atoms with Gasteiger partial charge in [0.25, 0.3) is 0 Å². The Morgan fingerprint density at radius 2 is 1.88 bits per heavy atom. The van der Waals surface area contributed by atoms with Gasteiger partial charge in [0.1, 0.15) is 12.3 Å². The van der Waals surface area contributed by atoms with Gasteiger partial charge in [-0.15, -0.1) is 0 Å². The van der Waals surface area contributed by atoms with Crippen molar-refractivity contribution in [2.75, 3.05) is 37.4 Å². The summed E-state index contributed by atoms with van der Waals surface area (Å²) >= 11 is 0. The Balaban J connectivity index is 2.61. The first kappa shape index (κ1) is 20.2. The van der Waals surface area contributed by atoms with Gasteiger partial charge in [-0.2, -0.15) is 0 Å². The van der Waals surface area contributed by atoms with Crippen LogP contribution in [0.2, 0.25) is 0 Å². The minimum atomic E-state index is -3.57. The standard InChI is InChI=1S/C16H26N2O5S/c1-13(2)23-11-5-10-17-16(19)12-18(24(4,20)21)14-6-8-15(22-3)9-7-14/h6-9,13H,5,10-12H2,1-4H3,(H,17,19). The number of anilines is 1. The molecule has 0 heterocycles. The summed E-state index contributed by atoms with van der Waals surface area (Å²) in [5, 5.41) is 2.70. The van der Waals surface area contributed by atoms with Crippen molar-refractivity contribution >= 4 is 21.6 Å². The van der Waals surface area contributed by atoms with Crippen molar-refractivity contribution in [3.05, 3.63) is 24.3 Å². The first-order chi connectivity index (χ1) is 11.2. The van der Waals surface area contributed by atoms with Gasteiger partial charge in [0.2, 0.25) is 15.9 Å². The summed E-state index contributed by atoms with van der Waals surface area (Å²) in [6, 6.07) is 6.50. The molecular weight excluding hydrogens is 332 g/mol. The van der Waals surface area contributed by atoms with Crippen LogP contribution < -0.4 is 14.4 Å².